The second kappa shape index (κ2) is 5.58. The Balaban J connectivity index is 2.59. The molecule has 0 aliphatic carbocycles. The van der Waals surface area contributed by atoms with E-state index in [9.17, 15) is 4.79 Å². The summed E-state index contributed by atoms with van der Waals surface area (Å²) in [4.78, 5) is 19.4. The maximum Gasteiger partial charge on any atom is 0.273 e. The highest BCUT2D eigenvalue weighted by molar-refractivity contribution is 5.96. The summed E-state index contributed by atoms with van der Waals surface area (Å²) in [5.41, 5.74) is 5.51. The lowest BCUT2D eigenvalue weighted by Gasteiger charge is -2.23. The fourth-order valence-corrected chi connectivity index (χ4v) is 1.32. The highest BCUT2D eigenvalue weighted by Crippen LogP contribution is 2.18. The van der Waals surface area contributed by atoms with Crippen molar-refractivity contribution < 1.29 is 9.90 Å². The van der Waals surface area contributed by atoms with Gasteiger partial charge in [-0.2, -0.15) is 0 Å². The minimum atomic E-state index is -0.346. The van der Waals surface area contributed by atoms with E-state index in [2.05, 4.69) is 15.3 Å². The van der Waals surface area contributed by atoms with Crippen LogP contribution < -0.4 is 11.1 Å². The molecular formula is C11H18N4O2. The first kappa shape index (κ1) is 13.4. The molecule has 0 spiro atoms. The van der Waals surface area contributed by atoms with Gasteiger partial charge in [0.1, 0.15) is 0 Å². The number of nitrogens with one attached hydrogen (secondary N) is 1. The molecule has 0 aromatic carbocycles. The summed E-state index contributed by atoms with van der Waals surface area (Å²) >= 11 is 0. The molecule has 1 heterocycles. The topological polar surface area (TPSA) is 101 Å². The summed E-state index contributed by atoms with van der Waals surface area (Å²) in [7, 11) is 0. The number of nitrogen functional groups attached to an aromatic ring is 1. The monoisotopic (exact) mass is 238 g/mol. The van der Waals surface area contributed by atoms with Gasteiger partial charge < -0.3 is 16.2 Å². The smallest absolute Gasteiger partial charge is 0.273 e. The molecule has 6 nitrogen and oxygen atoms in total. The molecule has 0 saturated carbocycles. The van der Waals surface area contributed by atoms with Crippen molar-refractivity contribution in [2.75, 3.05) is 18.9 Å². The van der Waals surface area contributed by atoms with Crippen molar-refractivity contribution in [2.24, 2.45) is 5.41 Å². The van der Waals surface area contributed by atoms with Gasteiger partial charge in [-0.15, -0.1) is 0 Å². The first-order valence-corrected chi connectivity index (χ1v) is 5.42. The van der Waals surface area contributed by atoms with Crippen LogP contribution >= 0.6 is 0 Å². The van der Waals surface area contributed by atoms with E-state index < -0.39 is 0 Å². The molecule has 0 radical (unpaired) electrons. The Morgan fingerprint density at radius 3 is 2.71 bits per heavy atom. The third-order valence-electron chi connectivity index (χ3n) is 2.46. The van der Waals surface area contributed by atoms with Gasteiger partial charge in [-0.05, 0) is 11.8 Å². The number of nitrogens with zero attached hydrogens (tertiary/aromatic N) is 2. The summed E-state index contributed by atoms with van der Waals surface area (Å²) in [5.74, 6) is -0.230. The minimum Gasteiger partial charge on any atom is -0.396 e. The molecule has 1 aromatic rings. The number of rotatable bonds is 5. The molecule has 1 aromatic heterocycles. The lowest BCUT2D eigenvalue weighted by atomic mass is 9.90. The van der Waals surface area contributed by atoms with Gasteiger partial charge in [0.15, 0.2) is 11.5 Å². The van der Waals surface area contributed by atoms with Crippen LogP contribution in [-0.2, 0) is 0 Å². The average Bonchev–Trinajstić information content (AvgIpc) is 2.27. The number of hydrogen-bond acceptors (Lipinski definition) is 5. The van der Waals surface area contributed by atoms with Crippen LogP contribution in [0, 0.1) is 5.41 Å². The summed E-state index contributed by atoms with van der Waals surface area (Å²) in [6.07, 6.45) is 3.47. The summed E-state index contributed by atoms with van der Waals surface area (Å²) < 4.78 is 0. The summed E-state index contributed by atoms with van der Waals surface area (Å²) in [6, 6.07) is 0. The number of carbonyl (C=O) groups excluding carboxylic acids is 1. The van der Waals surface area contributed by atoms with Crippen LogP contribution in [-0.4, -0.2) is 34.1 Å². The number of aromatic nitrogens is 2. The number of aliphatic hydroxyl groups excluding tert-OH is 1. The van der Waals surface area contributed by atoms with E-state index >= 15 is 0 Å². The van der Waals surface area contributed by atoms with Crippen LogP contribution in [0.2, 0.25) is 0 Å². The number of nitrogens with two attached hydrogens (primary N) is 1. The molecule has 1 amide bonds. The molecule has 0 saturated heterocycles. The van der Waals surface area contributed by atoms with Gasteiger partial charge in [0.25, 0.3) is 5.91 Å². The predicted octanol–water partition coefficient (Wildman–Crippen LogP) is 0.197. The molecule has 1 rings (SSSR count). The standard InChI is InChI=1S/C11H18N4O2/c1-11(2,3-6-16)7-15-10(17)8-9(12)14-5-4-13-8/h4-5,16H,3,6-7H2,1-2H3,(H2,12,14)(H,15,17). The van der Waals surface area contributed by atoms with Crippen molar-refractivity contribution in [2.45, 2.75) is 20.3 Å². The van der Waals surface area contributed by atoms with E-state index in [1.165, 1.54) is 12.4 Å². The molecule has 0 aliphatic heterocycles. The minimum absolute atomic E-state index is 0.0934. The highest BCUT2D eigenvalue weighted by Gasteiger charge is 2.20. The third kappa shape index (κ3) is 3.99. The van der Waals surface area contributed by atoms with Gasteiger partial charge in [-0.3, -0.25) is 4.79 Å². The molecule has 0 aliphatic rings. The number of hydrogen-bond donors (Lipinski definition) is 3. The number of carbonyl (C=O) groups is 1. The third-order valence-corrected chi connectivity index (χ3v) is 2.46. The van der Waals surface area contributed by atoms with Crippen LogP contribution in [0.5, 0.6) is 0 Å². The molecule has 0 bridgehead atoms. The van der Waals surface area contributed by atoms with Gasteiger partial charge in [0.2, 0.25) is 0 Å². The molecule has 0 atom stereocenters. The van der Waals surface area contributed by atoms with Crippen molar-refractivity contribution in [3.8, 4) is 0 Å². The van der Waals surface area contributed by atoms with Crippen LogP contribution in [0.1, 0.15) is 30.8 Å². The molecule has 6 heteroatoms. The van der Waals surface area contributed by atoms with E-state index in [0.717, 1.165) is 0 Å². The van der Waals surface area contributed by atoms with Crippen LogP contribution in [0.3, 0.4) is 0 Å². The highest BCUT2D eigenvalue weighted by atomic mass is 16.3. The molecule has 0 unspecified atom stereocenters. The lowest BCUT2D eigenvalue weighted by Crippen LogP contribution is -2.35. The summed E-state index contributed by atoms with van der Waals surface area (Å²) in [6.45, 7) is 4.46. The van der Waals surface area contributed by atoms with Crippen molar-refractivity contribution in [1.82, 2.24) is 15.3 Å². The van der Waals surface area contributed by atoms with Gasteiger partial charge in [0, 0.05) is 25.5 Å². The zero-order valence-corrected chi connectivity index (χ0v) is 10.1. The van der Waals surface area contributed by atoms with E-state index in [1.807, 2.05) is 13.8 Å². The first-order chi connectivity index (χ1) is 7.96. The Kier molecular flexibility index (Phi) is 4.39. The lowest BCUT2D eigenvalue weighted by molar-refractivity contribution is 0.0924. The van der Waals surface area contributed by atoms with Gasteiger partial charge in [0.05, 0.1) is 0 Å². The molecule has 4 N–H and O–H groups in total. The maximum absolute atomic E-state index is 11.8. The molecular weight excluding hydrogens is 220 g/mol. The van der Waals surface area contributed by atoms with Gasteiger partial charge >= 0.3 is 0 Å². The van der Waals surface area contributed by atoms with E-state index in [0.29, 0.717) is 13.0 Å². The first-order valence-electron chi connectivity index (χ1n) is 5.42. The largest absolute Gasteiger partial charge is 0.396 e. The van der Waals surface area contributed by atoms with Gasteiger partial charge in [-0.1, -0.05) is 13.8 Å². The Morgan fingerprint density at radius 2 is 2.12 bits per heavy atom. The number of amides is 1. The second-order valence-corrected chi connectivity index (χ2v) is 4.61. The van der Waals surface area contributed by atoms with Crippen molar-refractivity contribution >= 4 is 11.7 Å². The van der Waals surface area contributed by atoms with Crippen LogP contribution in [0.25, 0.3) is 0 Å². The van der Waals surface area contributed by atoms with E-state index in [-0.39, 0.29) is 29.4 Å². The van der Waals surface area contributed by atoms with Crippen LogP contribution in [0.4, 0.5) is 5.82 Å². The second-order valence-electron chi connectivity index (χ2n) is 4.61. The van der Waals surface area contributed by atoms with E-state index in [1.54, 1.807) is 0 Å². The SMILES string of the molecule is CC(C)(CCO)CNC(=O)c1nccnc1N. The number of aliphatic hydroxyl groups is 1. The quantitative estimate of drug-likeness (QED) is 0.680. The van der Waals surface area contributed by atoms with Crippen molar-refractivity contribution in [1.29, 1.82) is 0 Å². The predicted molar refractivity (Wildman–Crippen MR) is 64.3 cm³/mol. The normalized spacial score (nSPS) is 11.2. The zero-order chi connectivity index (χ0) is 12.9. The number of anilines is 1. The molecule has 17 heavy (non-hydrogen) atoms. The van der Waals surface area contributed by atoms with E-state index in [4.69, 9.17) is 10.8 Å². The van der Waals surface area contributed by atoms with Gasteiger partial charge in [-0.25, -0.2) is 9.97 Å². The zero-order valence-electron chi connectivity index (χ0n) is 10.1. The Morgan fingerprint density at radius 1 is 1.47 bits per heavy atom. The van der Waals surface area contributed by atoms with Crippen molar-refractivity contribution in [3.05, 3.63) is 18.1 Å². The Labute approximate surface area is 100 Å². The van der Waals surface area contributed by atoms with Crippen LogP contribution in [0.15, 0.2) is 12.4 Å². The fourth-order valence-electron chi connectivity index (χ4n) is 1.32. The Hall–Kier alpha value is -1.69. The molecule has 94 valence electrons. The Bertz CT molecular complexity index is 393. The molecule has 0 fully saturated rings. The fraction of sp³-hybridized carbons (Fsp3) is 0.545. The average molecular weight is 238 g/mol. The summed E-state index contributed by atoms with van der Waals surface area (Å²) in [5, 5.41) is 11.6. The van der Waals surface area contributed by atoms with Crippen molar-refractivity contribution in [3.63, 3.8) is 0 Å². The maximum atomic E-state index is 11.8.